The van der Waals surface area contributed by atoms with Crippen molar-refractivity contribution in [2.24, 2.45) is 0 Å². The minimum absolute atomic E-state index is 0.158. The van der Waals surface area contributed by atoms with Crippen LogP contribution in [-0.4, -0.2) is 26.8 Å². The standard InChI is InChI=1S/C12H13N3O3S/c1-8-4-14-15(6-8)7-11(16)13-5-9-2-3-10(19-9)12(17)18/h2-4,6H,5,7H2,1H3,(H,13,16)(H,17,18). The second kappa shape index (κ2) is 5.66. The van der Waals surface area contributed by atoms with Crippen LogP contribution in [0.3, 0.4) is 0 Å². The zero-order chi connectivity index (χ0) is 13.8. The smallest absolute Gasteiger partial charge is 0.345 e. The molecular weight excluding hydrogens is 266 g/mol. The highest BCUT2D eigenvalue weighted by molar-refractivity contribution is 7.13. The predicted octanol–water partition coefficient (Wildman–Crippen LogP) is 1.27. The predicted molar refractivity (Wildman–Crippen MR) is 70.1 cm³/mol. The van der Waals surface area contributed by atoms with E-state index in [2.05, 4.69) is 10.4 Å². The number of aromatic carboxylic acids is 1. The van der Waals surface area contributed by atoms with Crippen LogP contribution in [0.1, 0.15) is 20.1 Å². The molecule has 2 rings (SSSR count). The molecule has 2 N–H and O–H groups in total. The summed E-state index contributed by atoms with van der Waals surface area (Å²) in [6, 6.07) is 3.23. The van der Waals surface area contributed by atoms with E-state index in [4.69, 9.17) is 5.11 Å². The van der Waals surface area contributed by atoms with Gasteiger partial charge in [-0.15, -0.1) is 11.3 Å². The molecule has 0 aromatic carbocycles. The largest absolute Gasteiger partial charge is 0.477 e. The lowest BCUT2D eigenvalue weighted by Gasteiger charge is -2.03. The molecule has 0 aliphatic heterocycles. The van der Waals surface area contributed by atoms with E-state index >= 15 is 0 Å². The molecule has 0 spiro atoms. The number of carboxylic acid groups (broad SMARTS) is 1. The summed E-state index contributed by atoms with van der Waals surface area (Å²) < 4.78 is 1.56. The average molecular weight is 279 g/mol. The van der Waals surface area contributed by atoms with Gasteiger partial charge in [0.05, 0.1) is 12.7 Å². The van der Waals surface area contributed by atoms with Crippen molar-refractivity contribution in [1.29, 1.82) is 0 Å². The van der Waals surface area contributed by atoms with Crippen LogP contribution in [0.25, 0.3) is 0 Å². The number of amides is 1. The first-order valence-corrected chi connectivity index (χ1v) is 6.44. The number of nitrogens with zero attached hydrogens (tertiary/aromatic N) is 2. The molecule has 0 unspecified atom stereocenters. The van der Waals surface area contributed by atoms with Crippen LogP contribution in [0.2, 0.25) is 0 Å². The molecule has 7 heteroatoms. The van der Waals surface area contributed by atoms with E-state index < -0.39 is 5.97 Å². The lowest BCUT2D eigenvalue weighted by Crippen LogP contribution is -2.26. The summed E-state index contributed by atoms with van der Waals surface area (Å²) >= 11 is 1.16. The third kappa shape index (κ3) is 3.65. The van der Waals surface area contributed by atoms with E-state index in [0.717, 1.165) is 21.8 Å². The Bertz CT molecular complexity index is 603. The topological polar surface area (TPSA) is 84.2 Å². The average Bonchev–Trinajstić information content (AvgIpc) is 2.96. The zero-order valence-corrected chi connectivity index (χ0v) is 11.1. The van der Waals surface area contributed by atoms with Gasteiger partial charge in [-0.3, -0.25) is 9.48 Å². The number of hydrogen-bond donors (Lipinski definition) is 2. The monoisotopic (exact) mass is 279 g/mol. The molecule has 1 amide bonds. The molecule has 0 bridgehead atoms. The number of hydrogen-bond acceptors (Lipinski definition) is 4. The lowest BCUT2D eigenvalue weighted by molar-refractivity contribution is -0.122. The number of carbonyl (C=O) groups excluding carboxylic acids is 1. The van der Waals surface area contributed by atoms with E-state index in [0.29, 0.717) is 6.54 Å². The van der Waals surface area contributed by atoms with Crippen molar-refractivity contribution >= 4 is 23.2 Å². The van der Waals surface area contributed by atoms with Crippen LogP contribution < -0.4 is 5.32 Å². The number of rotatable bonds is 5. The second-order valence-electron chi connectivity index (χ2n) is 4.06. The highest BCUT2D eigenvalue weighted by atomic mass is 32.1. The highest BCUT2D eigenvalue weighted by Crippen LogP contribution is 2.15. The number of thiophene rings is 1. The molecule has 2 heterocycles. The second-order valence-corrected chi connectivity index (χ2v) is 5.23. The van der Waals surface area contributed by atoms with Crippen molar-refractivity contribution in [3.05, 3.63) is 39.8 Å². The molecule has 0 atom stereocenters. The summed E-state index contributed by atoms with van der Waals surface area (Å²) in [6.45, 7) is 2.39. The maximum Gasteiger partial charge on any atom is 0.345 e. The van der Waals surface area contributed by atoms with Gasteiger partial charge in [0.15, 0.2) is 0 Å². The Morgan fingerprint density at radius 2 is 2.26 bits per heavy atom. The van der Waals surface area contributed by atoms with Gasteiger partial charge in [-0.05, 0) is 24.6 Å². The van der Waals surface area contributed by atoms with Gasteiger partial charge in [0, 0.05) is 11.1 Å². The Labute approximate surface area is 113 Å². The quantitative estimate of drug-likeness (QED) is 0.863. The Morgan fingerprint density at radius 1 is 1.47 bits per heavy atom. The van der Waals surface area contributed by atoms with Gasteiger partial charge in [-0.25, -0.2) is 4.79 Å². The van der Waals surface area contributed by atoms with Crippen LogP contribution in [0.15, 0.2) is 24.5 Å². The van der Waals surface area contributed by atoms with Gasteiger partial charge in [0.25, 0.3) is 0 Å². The molecule has 19 heavy (non-hydrogen) atoms. The maximum absolute atomic E-state index is 11.7. The highest BCUT2D eigenvalue weighted by Gasteiger charge is 2.08. The van der Waals surface area contributed by atoms with Gasteiger partial charge in [0.2, 0.25) is 5.91 Å². The van der Waals surface area contributed by atoms with Crippen LogP contribution in [0.4, 0.5) is 0 Å². The first-order chi connectivity index (χ1) is 9.04. The fourth-order valence-electron chi connectivity index (χ4n) is 1.53. The Balaban J connectivity index is 1.84. The first kappa shape index (κ1) is 13.3. The fourth-order valence-corrected chi connectivity index (χ4v) is 2.32. The summed E-state index contributed by atoms with van der Waals surface area (Å²) in [5.74, 6) is -1.11. The molecule has 0 fully saturated rings. The third-order valence-corrected chi connectivity index (χ3v) is 3.47. The fraction of sp³-hybridized carbons (Fsp3) is 0.250. The van der Waals surface area contributed by atoms with Crippen molar-refractivity contribution in [3.8, 4) is 0 Å². The van der Waals surface area contributed by atoms with Crippen molar-refractivity contribution < 1.29 is 14.7 Å². The van der Waals surface area contributed by atoms with E-state index in [1.165, 1.54) is 6.07 Å². The molecule has 2 aromatic heterocycles. The Morgan fingerprint density at radius 3 is 2.84 bits per heavy atom. The minimum Gasteiger partial charge on any atom is -0.477 e. The van der Waals surface area contributed by atoms with Crippen LogP contribution in [0, 0.1) is 6.92 Å². The van der Waals surface area contributed by atoms with Crippen LogP contribution >= 0.6 is 11.3 Å². The van der Waals surface area contributed by atoms with Crippen molar-refractivity contribution in [1.82, 2.24) is 15.1 Å². The van der Waals surface area contributed by atoms with Gasteiger partial charge in [-0.2, -0.15) is 5.10 Å². The van der Waals surface area contributed by atoms with E-state index in [1.54, 1.807) is 23.1 Å². The van der Waals surface area contributed by atoms with Crippen molar-refractivity contribution in [2.45, 2.75) is 20.0 Å². The first-order valence-electron chi connectivity index (χ1n) is 5.62. The van der Waals surface area contributed by atoms with Gasteiger partial charge in [0.1, 0.15) is 11.4 Å². The Hall–Kier alpha value is -2.15. The summed E-state index contributed by atoms with van der Waals surface area (Å²) in [5.41, 5.74) is 0.997. The van der Waals surface area contributed by atoms with Crippen molar-refractivity contribution in [3.63, 3.8) is 0 Å². The molecule has 0 saturated carbocycles. The van der Waals surface area contributed by atoms with E-state index in [-0.39, 0.29) is 17.3 Å². The number of aromatic nitrogens is 2. The SMILES string of the molecule is Cc1cnn(CC(=O)NCc2ccc(C(=O)O)s2)c1. The van der Waals surface area contributed by atoms with Crippen LogP contribution in [-0.2, 0) is 17.9 Å². The number of nitrogens with one attached hydrogen (secondary N) is 1. The normalized spacial score (nSPS) is 10.4. The molecule has 0 saturated heterocycles. The molecule has 0 aliphatic rings. The zero-order valence-electron chi connectivity index (χ0n) is 10.3. The maximum atomic E-state index is 11.7. The molecule has 2 aromatic rings. The molecule has 100 valence electrons. The van der Waals surface area contributed by atoms with Crippen molar-refractivity contribution in [2.75, 3.05) is 0 Å². The summed E-state index contributed by atoms with van der Waals surface area (Å²) in [5, 5.41) is 15.5. The molecule has 0 aliphatic carbocycles. The summed E-state index contributed by atoms with van der Waals surface area (Å²) in [4.78, 5) is 23.4. The molecule has 0 radical (unpaired) electrons. The lowest BCUT2D eigenvalue weighted by atomic mass is 10.4. The third-order valence-electron chi connectivity index (χ3n) is 2.40. The number of carboxylic acids is 1. The van der Waals surface area contributed by atoms with E-state index in [1.807, 2.05) is 6.92 Å². The Kier molecular flexibility index (Phi) is 3.96. The number of aryl methyl sites for hydroxylation is 1. The molecular formula is C12H13N3O3S. The minimum atomic E-state index is -0.949. The van der Waals surface area contributed by atoms with Gasteiger partial charge >= 0.3 is 5.97 Å². The van der Waals surface area contributed by atoms with E-state index in [9.17, 15) is 9.59 Å². The number of carbonyl (C=O) groups is 2. The molecule has 6 nitrogen and oxygen atoms in total. The van der Waals surface area contributed by atoms with Crippen LogP contribution in [0.5, 0.6) is 0 Å². The summed E-state index contributed by atoms with van der Waals surface area (Å²) in [7, 11) is 0. The van der Waals surface area contributed by atoms with Gasteiger partial charge in [-0.1, -0.05) is 0 Å². The summed E-state index contributed by atoms with van der Waals surface area (Å²) in [6.07, 6.45) is 3.47. The van der Waals surface area contributed by atoms with Gasteiger partial charge < -0.3 is 10.4 Å².